The van der Waals surface area contributed by atoms with Crippen molar-refractivity contribution >= 4 is 11.6 Å². The van der Waals surface area contributed by atoms with Crippen molar-refractivity contribution in [2.75, 3.05) is 11.9 Å². The number of benzene rings is 3. The summed E-state index contributed by atoms with van der Waals surface area (Å²) in [5.41, 5.74) is 4.98. The SMILES string of the molecule is CCOc1ccc(-c2cnc(-c3ccccc3C(=O)Nc3ccc(C)cc3C)o2)cc1. The Morgan fingerprint density at radius 2 is 1.81 bits per heavy atom. The third kappa shape index (κ3) is 4.51. The fraction of sp³-hybridized carbons (Fsp3) is 0.154. The Bertz CT molecular complexity index is 1210. The number of rotatable bonds is 6. The summed E-state index contributed by atoms with van der Waals surface area (Å²) in [5, 5.41) is 3.00. The lowest BCUT2D eigenvalue weighted by molar-refractivity contribution is 0.102. The highest BCUT2D eigenvalue weighted by molar-refractivity contribution is 6.08. The number of carbonyl (C=O) groups is 1. The van der Waals surface area contributed by atoms with Crippen LogP contribution in [0.5, 0.6) is 5.75 Å². The number of ether oxygens (including phenoxy) is 1. The van der Waals surface area contributed by atoms with Gasteiger partial charge in [-0.1, -0.05) is 29.8 Å². The molecule has 1 heterocycles. The Labute approximate surface area is 181 Å². The van der Waals surface area contributed by atoms with Crippen LogP contribution in [0.4, 0.5) is 5.69 Å². The lowest BCUT2D eigenvalue weighted by atomic mass is 10.1. The summed E-state index contributed by atoms with van der Waals surface area (Å²) in [6, 6.07) is 20.9. The quantitative estimate of drug-likeness (QED) is 0.405. The number of nitrogens with one attached hydrogen (secondary N) is 1. The number of nitrogens with zero attached hydrogens (tertiary/aromatic N) is 1. The van der Waals surface area contributed by atoms with Crippen LogP contribution in [0.15, 0.2) is 77.3 Å². The molecular formula is C26H24N2O3. The molecule has 5 nitrogen and oxygen atoms in total. The van der Waals surface area contributed by atoms with Gasteiger partial charge in [0.05, 0.1) is 18.4 Å². The maximum atomic E-state index is 13.0. The van der Waals surface area contributed by atoms with Gasteiger partial charge in [0.25, 0.3) is 5.91 Å². The van der Waals surface area contributed by atoms with E-state index in [0.717, 1.165) is 28.1 Å². The predicted octanol–water partition coefficient (Wildman–Crippen LogP) is 6.28. The van der Waals surface area contributed by atoms with E-state index >= 15 is 0 Å². The molecule has 0 aliphatic carbocycles. The molecule has 0 saturated carbocycles. The van der Waals surface area contributed by atoms with Crippen molar-refractivity contribution < 1.29 is 13.9 Å². The van der Waals surface area contributed by atoms with Gasteiger partial charge >= 0.3 is 0 Å². The molecule has 0 fully saturated rings. The van der Waals surface area contributed by atoms with Crippen molar-refractivity contribution in [2.45, 2.75) is 20.8 Å². The van der Waals surface area contributed by atoms with Gasteiger partial charge in [-0.25, -0.2) is 4.98 Å². The van der Waals surface area contributed by atoms with Crippen LogP contribution in [-0.2, 0) is 0 Å². The molecule has 0 atom stereocenters. The first kappa shape index (κ1) is 20.4. The largest absolute Gasteiger partial charge is 0.494 e. The molecule has 1 N–H and O–H groups in total. The first-order valence-electron chi connectivity index (χ1n) is 10.2. The standard InChI is InChI=1S/C26H24N2O3/c1-4-30-20-12-10-19(11-13-20)24-16-27-26(31-24)22-8-6-5-7-21(22)25(29)28-23-14-9-17(2)15-18(23)3/h5-16H,4H2,1-3H3,(H,28,29). The zero-order valence-electron chi connectivity index (χ0n) is 17.8. The zero-order valence-corrected chi connectivity index (χ0v) is 17.8. The lowest BCUT2D eigenvalue weighted by Crippen LogP contribution is -2.14. The first-order valence-corrected chi connectivity index (χ1v) is 10.2. The van der Waals surface area contributed by atoms with E-state index in [2.05, 4.69) is 10.3 Å². The fourth-order valence-corrected chi connectivity index (χ4v) is 3.43. The van der Waals surface area contributed by atoms with Gasteiger partial charge in [-0.3, -0.25) is 4.79 Å². The van der Waals surface area contributed by atoms with Crippen LogP contribution >= 0.6 is 0 Å². The van der Waals surface area contributed by atoms with Crippen molar-refractivity contribution in [1.82, 2.24) is 4.98 Å². The monoisotopic (exact) mass is 412 g/mol. The average molecular weight is 412 g/mol. The van der Waals surface area contributed by atoms with Crippen LogP contribution in [0.2, 0.25) is 0 Å². The summed E-state index contributed by atoms with van der Waals surface area (Å²) in [7, 11) is 0. The molecule has 156 valence electrons. The van der Waals surface area contributed by atoms with Gasteiger partial charge in [0, 0.05) is 16.8 Å². The van der Waals surface area contributed by atoms with Crippen LogP contribution in [-0.4, -0.2) is 17.5 Å². The van der Waals surface area contributed by atoms with Crippen molar-refractivity contribution in [3.8, 4) is 28.5 Å². The van der Waals surface area contributed by atoms with E-state index in [1.54, 1.807) is 12.3 Å². The van der Waals surface area contributed by atoms with Crippen LogP contribution in [0.1, 0.15) is 28.4 Å². The van der Waals surface area contributed by atoms with Gasteiger partial charge in [0.15, 0.2) is 5.76 Å². The molecule has 0 bridgehead atoms. The van der Waals surface area contributed by atoms with Gasteiger partial charge in [-0.05, 0) is 68.8 Å². The van der Waals surface area contributed by atoms with E-state index in [1.165, 1.54) is 0 Å². The van der Waals surface area contributed by atoms with E-state index in [-0.39, 0.29) is 5.91 Å². The summed E-state index contributed by atoms with van der Waals surface area (Å²) in [6.07, 6.45) is 1.67. The molecule has 1 amide bonds. The minimum Gasteiger partial charge on any atom is -0.494 e. The Morgan fingerprint density at radius 3 is 2.55 bits per heavy atom. The second kappa shape index (κ2) is 8.88. The molecular weight excluding hydrogens is 388 g/mol. The first-order chi connectivity index (χ1) is 15.0. The zero-order chi connectivity index (χ0) is 21.8. The number of oxazole rings is 1. The van der Waals surface area contributed by atoms with Crippen molar-refractivity contribution in [1.29, 1.82) is 0 Å². The third-order valence-electron chi connectivity index (χ3n) is 4.99. The summed E-state index contributed by atoms with van der Waals surface area (Å²) >= 11 is 0. The van der Waals surface area contributed by atoms with Gasteiger partial charge < -0.3 is 14.5 Å². The second-order valence-corrected chi connectivity index (χ2v) is 7.31. The van der Waals surface area contributed by atoms with Crippen LogP contribution in [0.25, 0.3) is 22.8 Å². The highest BCUT2D eigenvalue weighted by atomic mass is 16.5. The Hall–Kier alpha value is -3.86. The molecule has 31 heavy (non-hydrogen) atoms. The maximum Gasteiger partial charge on any atom is 0.256 e. The summed E-state index contributed by atoms with van der Waals surface area (Å²) in [4.78, 5) is 17.4. The molecule has 0 spiro atoms. The molecule has 0 aliphatic heterocycles. The van der Waals surface area contributed by atoms with Crippen molar-refractivity contribution in [2.24, 2.45) is 0 Å². The molecule has 4 aromatic rings. The van der Waals surface area contributed by atoms with E-state index < -0.39 is 0 Å². The number of hydrogen-bond donors (Lipinski definition) is 1. The summed E-state index contributed by atoms with van der Waals surface area (Å²) in [5.74, 6) is 1.63. The molecule has 3 aromatic carbocycles. The number of aryl methyl sites for hydroxylation is 2. The molecule has 0 unspecified atom stereocenters. The van der Waals surface area contributed by atoms with Gasteiger partial charge in [-0.15, -0.1) is 0 Å². The van der Waals surface area contributed by atoms with Crippen molar-refractivity contribution in [3.05, 3.63) is 89.6 Å². The van der Waals surface area contributed by atoms with Gasteiger partial charge in [-0.2, -0.15) is 0 Å². The van der Waals surface area contributed by atoms with Crippen molar-refractivity contribution in [3.63, 3.8) is 0 Å². The predicted molar refractivity (Wildman–Crippen MR) is 122 cm³/mol. The third-order valence-corrected chi connectivity index (χ3v) is 4.99. The Kier molecular flexibility index (Phi) is 5.85. The lowest BCUT2D eigenvalue weighted by Gasteiger charge is -2.11. The minimum atomic E-state index is -0.205. The van der Waals surface area contributed by atoms with Crippen LogP contribution in [0.3, 0.4) is 0 Å². The average Bonchev–Trinajstić information content (AvgIpc) is 3.26. The highest BCUT2D eigenvalue weighted by Crippen LogP contribution is 2.30. The summed E-state index contributed by atoms with van der Waals surface area (Å²) in [6.45, 7) is 6.57. The number of carbonyl (C=O) groups excluding carboxylic acids is 1. The normalized spacial score (nSPS) is 10.7. The fourth-order valence-electron chi connectivity index (χ4n) is 3.43. The second-order valence-electron chi connectivity index (χ2n) is 7.31. The summed E-state index contributed by atoms with van der Waals surface area (Å²) < 4.78 is 11.5. The van der Waals surface area contributed by atoms with Gasteiger partial charge in [0.2, 0.25) is 5.89 Å². The number of hydrogen-bond acceptors (Lipinski definition) is 4. The topological polar surface area (TPSA) is 64.4 Å². The van der Waals surface area contributed by atoms with E-state index in [9.17, 15) is 4.79 Å². The number of anilines is 1. The highest BCUT2D eigenvalue weighted by Gasteiger charge is 2.17. The maximum absolute atomic E-state index is 13.0. The molecule has 1 aromatic heterocycles. The smallest absolute Gasteiger partial charge is 0.256 e. The number of amides is 1. The Balaban J connectivity index is 1.61. The molecule has 0 saturated heterocycles. The van der Waals surface area contributed by atoms with Crippen LogP contribution in [0, 0.1) is 13.8 Å². The molecule has 5 heteroatoms. The number of aromatic nitrogens is 1. The van der Waals surface area contributed by atoms with E-state index in [1.807, 2.05) is 81.4 Å². The minimum absolute atomic E-state index is 0.205. The van der Waals surface area contributed by atoms with Gasteiger partial charge in [0.1, 0.15) is 5.75 Å². The van der Waals surface area contributed by atoms with Crippen LogP contribution < -0.4 is 10.1 Å². The Morgan fingerprint density at radius 1 is 1.03 bits per heavy atom. The van der Waals surface area contributed by atoms with E-state index in [4.69, 9.17) is 9.15 Å². The molecule has 0 aliphatic rings. The molecule has 4 rings (SSSR count). The molecule has 0 radical (unpaired) electrons. The van der Waals surface area contributed by atoms with E-state index in [0.29, 0.717) is 29.4 Å².